The van der Waals surface area contributed by atoms with Gasteiger partial charge in [-0.2, -0.15) is 0 Å². The molecular formula is C14H20ClNO2. The fourth-order valence-corrected chi connectivity index (χ4v) is 1.94. The van der Waals surface area contributed by atoms with Gasteiger partial charge in [-0.3, -0.25) is 0 Å². The molecule has 0 bridgehead atoms. The maximum absolute atomic E-state index is 11.8. The molecule has 3 nitrogen and oxygen atoms in total. The minimum absolute atomic E-state index is 0. The Morgan fingerprint density at radius 2 is 2.00 bits per heavy atom. The molecule has 1 aliphatic heterocycles. The predicted octanol–water partition coefficient (Wildman–Crippen LogP) is 2.65. The van der Waals surface area contributed by atoms with Crippen molar-refractivity contribution in [1.82, 2.24) is 5.32 Å². The van der Waals surface area contributed by atoms with Gasteiger partial charge in [0.05, 0.1) is 14.9 Å². The summed E-state index contributed by atoms with van der Waals surface area (Å²) >= 11 is 0. The Bertz CT molecular complexity index is 422. The molecular weight excluding hydrogens is 250 g/mol. The summed E-state index contributed by atoms with van der Waals surface area (Å²) in [6.45, 7) is -0.0737. The summed E-state index contributed by atoms with van der Waals surface area (Å²) in [4.78, 5) is 11.8. The van der Waals surface area contributed by atoms with Gasteiger partial charge in [0.25, 0.3) is 0 Å². The van der Waals surface area contributed by atoms with E-state index < -0.39 is 12.5 Å². The van der Waals surface area contributed by atoms with Gasteiger partial charge < -0.3 is 10.1 Å². The van der Waals surface area contributed by atoms with E-state index in [4.69, 9.17) is 7.48 Å². The smallest absolute Gasteiger partial charge is 0.338 e. The van der Waals surface area contributed by atoms with Gasteiger partial charge in [0, 0.05) is 0 Å². The van der Waals surface area contributed by atoms with E-state index in [1.807, 2.05) is 0 Å². The lowest BCUT2D eigenvalue weighted by molar-refractivity contribution is 0.0476. The van der Waals surface area contributed by atoms with Crippen LogP contribution in [-0.4, -0.2) is 25.6 Å². The van der Waals surface area contributed by atoms with Crippen LogP contribution < -0.4 is 5.32 Å². The molecule has 0 amide bonds. The fourth-order valence-electron chi connectivity index (χ4n) is 1.94. The van der Waals surface area contributed by atoms with E-state index in [0.29, 0.717) is 5.56 Å². The Morgan fingerprint density at radius 3 is 2.67 bits per heavy atom. The van der Waals surface area contributed by atoms with Gasteiger partial charge in [0.15, 0.2) is 0 Å². The molecule has 1 aromatic rings. The molecule has 1 aliphatic rings. The molecule has 100 valence electrons. The van der Waals surface area contributed by atoms with Crippen LogP contribution in [0, 0.1) is 5.92 Å². The van der Waals surface area contributed by atoms with Crippen molar-refractivity contribution >= 4 is 18.4 Å². The minimum Gasteiger partial charge on any atom is -0.462 e. The summed E-state index contributed by atoms with van der Waals surface area (Å²) in [6, 6.07) is 8.53. The molecule has 1 heterocycles. The zero-order chi connectivity index (χ0) is 13.7. The van der Waals surface area contributed by atoms with E-state index in [1.54, 1.807) is 30.3 Å². The molecule has 1 N–H and O–H groups in total. The quantitative estimate of drug-likeness (QED) is 0.856. The highest BCUT2D eigenvalue weighted by atomic mass is 35.5. The van der Waals surface area contributed by atoms with E-state index in [-0.39, 0.29) is 24.7 Å². The number of hydrogen-bond donors (Lipinski definition) is 1. The number of carbonyl (C=O) groups excluding carboxylic acids is 1. The van der Waals surface area contributed by atoms with Crippen LogP contribution in [0.25, 0.3) is 0 Å². The van der Waals surface area contributed by atoms with Gasteiger partial charge in [-0.25, -0.2) is 4.79 Å². The summed E-state index contributed by atoms with van der Waals surface area (Å²) in [5, 5.41) is 3.24. The first kappa shape index (κ1) is 12.0. The molecule has 0 radical (unpaired) electrons. The highest BCUT2D eigenvalue weighted by molar-refractivity contribution is 5.89. The maximum atomic E-state index is 11.8. The van der Waals surface area contributed by atoms with E-state index >= 15 is 0 Å². The average molecular weight is 272 g/mol. The molecule has 2 rings (SSSR count). The second-order valence-electron chi connectivity index (χ2n) is 4.30. The average Bonchev–Trinajstić information content (AvgIpc) is 2.39. The van der Waals surface area contributed by atoms with Crippen molar-refractivity contribution in [2.45, 2.75) is 19.3 Å². The van der Waals surface area contributed by atoms with Crippen LogP contribution in [0.3, 0.4) is 0 Å². The lowest BCUT2D eigenvalue weighted by Crippen LogP contribution is -2.28. The molecule has 0 unspecified atom stereocenters. The van der Waals surface area contributed by atoms with Gasteiger partial charge in [-0.1, -0.05) is 18.2 Å². The molecule has 0 aliphatic carbocycles. The third kappa shape index (κ3) is 4.67. The number of piperidine rings is 1. The van der Waals surface area contributed by atoms with Crippen molar-refractivity contribution < 1.29 is 12.3 Å². The normalized spacial score (nSPS) is 18.2. The standard InChI is InChI=1S/C14H19NO2.ClH/c16-14(13-4-2-1-3-5-13)17-11-8-12-6-9-15-10-7-12;/h1-5,12,15H,6-11H2;1H/i11D2;. The largest absolute Gasteiger partial charge is 0.462 e. The molecule has 1 aromatic carbocycles. The predicted molar refractivity (Wildman–Crippen MR) is 74.2 cm³/mol. The van der Waals surface area contributed by atoms with Crippen LogP contribution in [0.1, 0.15) is 32.4 Å². The van der Waals surface area contributed by atoms with E-state index in [1.165, 1.54) is 0 Å². The summed E-state index contributed by atoms with van der Waals surface area (Å²) < 4.78 is 20.7. The van der Waals surface area contributed by atoms with E-state index in [2.05, 4.69) is 5.32 Å². The van der Waals surface area contributed by atoms with Crippen LogP contribution >= 0.6 is 12.4 Å². The zero-order valence-electron chi connectivity index (χ0n) is 12.2. The molecule has 0 saturated carbocycles. The SMILES string of the molecule is Cl.[2H]C([2H])(CC1CCNCC1)OC(=O)c1ccccc1. The first-order valence-corrected chi connectivity index (χ1v) is 6.06. The molecule has 4 heteroatoms. The van der Waals surface area contributed by atoms with E-state index in [0.717, 1.165) is 25.9 Å². The third-order valence-corrected chi connectivity index (χ3v) is 3.01. The first-order chi connectivity index (χ1) is 9.07. The lowest BCUT2D eigenvalue weighted by atomic mass is 9.95. The monoisotopic (exact) mass is 271 g/mol. The van der Waals surface area contributed by atoms with Gasteiger partial charge in [-0.05, 0) is 50.4 Å². The topological polar surface area (TPSA) is 38.3 Å². The maximum Gasteiger partial charge on any atom is 0.338 e. The number of benzene rings is 1. The van der Waals surface area contributed by atoms with Crippen molar-refractivity contribution in [2.75, 3.05) is 19.6 Å². The number of hydrogen-bond acceptors (Lipinski definition) is 3. The van der Waals surface area contributed by atoms with Crippen LogP contribution in [0.15, 0.2) is 30.3 Å². The minimum atomic E-state index is -1.89. The number of nitrogens with one attached hydrogen (secondary N) is 1. The molecule has 1 fully saturated rings. The summed E-state index contributed by atoms with van der Waals surface area (Å²) in [5.74, 6) is -0.320. The fraction of sp³-hybridized carbons (Fsp3) is 0.500. The van der Waals surface area contributed by atoms with Gasteiger partial charge in [-0.15, -0.1) is 12.4 Å². The number of esters is 1. The lowest BCUT2D eigenvalue weighted by Gasteiger charge is -2.22. The Morgan fingerprint density at radius 1 is 1.33 bits per heavy atom. The zero-order valence-corrected chi connectivity index (χ0v) is 11.0. The number of carbonyl (C=O) groups is 1. The molecule has 18 heavy (non-hydrogen) atoms. The molecule has 0 aromatic heterocycles. The number of rotatable bonds is 4. The van der Waals surface area contributed by atoms with Crippen molar-refractivity contribution in [1.29, 1.82) is 0 Å². The number of halogens is 1. The molecule has 0 atom stereocenters. The van der Waals surface area contributed by atoms with Gasteiger partial charge in [0.2, 0.25) is 0 Å². The van der Waals surface area contributed by atoms with Crippen LogP contribution in [0.4, 0.5) is 0 Å². The van der Waals surface area contributed by atoms with E-state index in [9.17, 15) is 4.79 Å². The first-order valence-electron chi connectivity index (χ1n) is 7.06. The number of ether oxygens (including phenoxy) is 1. The Kier molecular flexibility index (Phi) is 5.41. The van der Waals surface area contributed by atoms with Crippen LogP contribution in [0.2, 0.25) is 0 Å². The molecule has 1 saturated heterocycles. The van der Waals surface area contributed by atoms with Crippen molar-refractivity contribution in [3.8, 4) is 0 Å². The van der Waals surface area contributed by atoms with Crippen molar-refractivity contribution in [3.05, 3.63) is 35.9 Å². The third-order valence-electron chi connectivity index (χ3n) is 3.01. The van der Waals surface area contributed by atoms with Crippen molar-refractivity contribution in [3.63, 3.8) is 0 Å². The van der Waals surface area contributed by atoms with Gasteiger partial charge in [0.1, 0.15) is 0 Å². The Labute approximate surface area is 117 Å². The second kappa shape index (κ2) is 8.11. The Hall–Kier alpha value is -1.06. The molecule has 0 spiro atoms. The van der Waals surface area contributed by atoms with Crippen molar-refractivity contribution in [2.24, 2.45) is 5.92 Å². The highest BCUT2D eigenvalue weighted by Crippen LogP contribution is 2.15. The summed E-state index contributed by atoms with van der Waals surface area (Å²) in [6.07, 6.45) is 2.14. The highest BCUT2D eigenvalue weighted by Gasteiger charge is 2.13. The summed E-state index contributed by atoms with van der Waals surface area (Å²) in [5.41, 5.74) is 0.386. The van der Waals surface area contributed by atoms with Gasteiger partial charge >= 0.3 is 5.97 Å². The summed E-state index contributed by atoms with van der Waals surface area (Å²) in [7, 11) is 0. The second-order valence-corrected chi connectivity index (χ2v) is 4.30. The van der Waals surface area contributed by atoms with Crippen LogP contribution in [0.5, 0.6) is 0 Å². The Balaban J connectivity index is 0.00000200. The van der Waals surface area contributed by atoms with Crippen LogP contribution in [-0.2, 0) is 4.74 Å².